The maximum Gasteiger partial charge on any atom is 0.320 e. The molecule has 0 radical (unpaired) electrons. The van der Waals surface area contributed by atoms with E-state index in [1.54, 1.807) is 6.20 Å². The van der Waals surface area contributed by atoms with Gasteiger partial charge in [-0.05, 0) is 50.5 Å². The van der Waals surface area contributed by atoms with Crippen molar-refractivity contribution in [1.29, 1.82) is 5.26 Å². The lowest BCUT2D eigenvalue weighted by Gasteiger charge is -2.63. The van der Waals surface area contributed by atoms with Crippen LogP contribution in [0.25, 0.3) is 0 Å². The fraction of sp³-hybridized carbons (Fsp3) is 0.667. The van der Waals surface area contributed by atoms with Gasteiger partial charge in [0.05, 0.1) is 17.5 Å². The van der Waals surface area contributed by atoms with E-state index in [1.807, 2.05) is 10.9 Å². The second-order valence-electron chi connectivity index (χ2n) is 11.5. The highest BCUT2D eigenvalue weighted by Crippen LogP contribution is 2.57. The lowest BCUT2D eigenvalue weighted by molar-refractivity contribution is -0.103. The SMILES string of the molecule is N#Cc1cnn(CC2CC3(C2)CN(C(=O)N2CC4(CC(c5cc(C6CC6)[nH]n5)C4)C2)C3)c1. The Balaban J connectivity index is 0.852. The van der Waals surface area contributed by atoms with Gasteiger partial charge >= 0.3 is 6.03 Å². The summed E-state index contributed by atoms with van der Waals surface area (Å²) < 4.78 is 1.89. The number of likely N-dealkylation sites (tertiary alicyclic amines) is 2. The zero-order chi connectivity index (χ0) is 21.5. The Kier molecular flexibility index (Phi) is 3.73. The molecule has 5 aliphatic rings. The van der Waals surface area contributed by atoms with Crippen molar-refractivity contribution in [3.8, 4) is 6.07 Å². The Morgan fingerprint density at radius 2 is 1.78 bits per heavy atom. The molecule has 2 aliphatic heterocycles. The topological polar surface area (TPSA) is 93.8 Å². The lowest BCUT2D eigenvalue weighted by atomic mass is 9.56. The highest BCUT2D eigenvalue weighted by atomic mass is 16.2. The quantitative estimate of drug-likeness (QED) is 0.805. The maximum absolute atomic E-state index is 12.9. The smallest absolute Gasteiger partial charge is 0.320 e. The van der Waals surface area contributed by atoms with E-state index in [0.29, 0.717) is 28.2 Å². The number of urea groups is 1. The minimum Gasteiger partial charge on any atom is -0.323 e. The standard InChI is InChI=1S/C24H29N7O/c25-8-17-9-26-31(11-17)10-16-4-23(5-16)12-29(13-23)22(32)30-14-24(15-30)6-19(7-24)21-3-20(27-28-21)18-1-2-18/h3,9,11,16,18-19H,1-2,4-7,10,12-15H2,(H,27,28). The minimum absolute atomic E-state index is 0.245. The van der Waals surface area contributed by atoms with Gasteiger partial charge in [-0.3, -0.25) is 9.78 Å². The number of rotatable bonds is 4. The van der Waals surface area contributed by atoms with E-state index in [9.17, 15) is 4.79 Å². The summed E-state index contributed by atoms with van der Waals surface area (Å²) in [5.41, 5.74) is 3.89. The van der Waals surface area contributed by atoms with Crippen molar-refractivity contribution in [3.05, 3.63) is 35.4 Å². The summed E-state index contributed by atoms with van der Waals surface area (Å²) in [5.74, 6) is 1.92. The zero-order valence-electron chi connectivity index (χ0n) is 18.3. The molecule has 7 rings (SSSR count). The van der Waals surface area contributed by atoms with Crippen molar-refractivity contribution in [3.63, 3.8) is 0 Å². The maximum atomic E-state index is 12.9. The summed E-state index contributed by atoms with van der Waals surface area (Å²) in [7, 11) is 0. The first-order valence-corrected chi connectivity index (χ1v) is 12.0. The van der Waals surface area contributed by atoms with Crippen molar-refractivity contribution in [1.82, 2.24) is 29.8 Å². The molecule has 2 aromatic heterocycles. The van der Waals surface area contributed by atoms with Crippen LogP contribution in [0.4, 0.5) is 4.79 Å². The molecule has 2 amide bonds. The van der Waals surface area contributed by atoms with Crippen molar-refractivity contribution in [2.24, 2.45) is 16.7 Å². The molecule has 0 bridgehead atoms. The van der Waals surface area contributed by atoms with Crippen LogP contribution in [0.5, 0.6) is 0 Å². The summed E-state index contributed by atoms with van der Waals surface area (Å²) in [4.78, 5) is 17.0. The molecule has 2 saturated heterocycles. The fourth-order valence-corrected chi connectivity index (χ4v) is 6.95. The fourth-order valence-electron chi connectivity index (χ4n) is 6.95. The summed E-state index contributed by atoms with van der Waals surface area (Å²) in [6.07, 6.45) is 10.7. The molecule has 0 atom stereocenters. The summed E-state index contributed by atoms with van der Waals surface area (Å²) in [6.45, 7) is 4.55. The molecule has 1 N–H and O–H groups in total. The summed E-state index contributed by atoms with van der Waals surface area (Å²) in [6, 6.07) is 4.66. The van der Waals surface area contributed by atoms with E-state index < -0.39 is 0 Å². The van der Waals surface area contributed by atoms with Gasteiger partial charge in [0.1, 0.15) is 6.07 Å². The van der Waals surface area contributed by atoms with Gasteiger partial charge in [0.25, 0.3) is 0 Å². The molecule has 4 heterocycles. The Morgan fingerprint density at radius 3 is 2.41 bits per heavy atom. The van der Waals surface area contributed by atoms with Gasteiger partial charge in [0.2, 0.25) is 0 Å². The van der Waals surface area contributed by atoms with Gasteiger partial charge < -0.3 is 9.80 Å². The number of nitrogens with one attached hydrogen (secondary N) is 1. The van der Waals surface area contributed by atoms with E-state index >= 15 is 0 Å². The Hall–Kier alpha value is -2.82. The number of hydrogen-bond acceptors (Lipinski definition) is 4. The molecule has 32 heavy (non-hydrogen) atoms. The molecule has 166 valence electrons. The molecule has 0 unspecified atom stereocenters. The summed E-state index contributed by atoms with van der Waals surface area (Å²) >= 11 is 0. The van der Waals surface area contributed by atoms with Crippen LogP contribution in [0.3, 0.4) is 0 Å². The van der Waals surface area contributed by atoms with Crippen molar-refractivity contribution >= 4 is 6.03 Å². The van der Waals surface area contributed by atoms with Crippen LogP contribution in [-0.4, -0.2) is 62.0 Å². The van der Waals surface area contributed by atoms with Crippen molar-refractivity contribution in [2.75, 3.05) is 26.2 Å². The molecule has 2 aromatic rings. The van der Waals surface area contributed by atoms with Crippen LogP contribution >= 0.6 is 0 Å². The first-order valence-electron chi connectivity index (χ1n) is 12.0. The van der Waals surface area contributed by atoms with E-state index in [1.165, 1.54) is 37.1 Å². The number of aromatic nitrogens is 4. The third-order valence-corrected chi connectivity index (χ3v) is 8.71. The van der Waals surface area contributed by atoms with Crippen LogP contribution in [0, 0.1) is 28.1 Å². The zero-order valence-corrected chi connectivity index (χ0v) is 18.3. The molecule has 8 nitrogen and oxygen atoms in total. The number of nitrogens with zero attached hydrogens (tertiary/aromatic N) is 6. The van der Waals surface area contributed by atoms with Gasteiger partial charge in [-0.2, -0.15) is 15.5 Å². The number of carbonyl (C=O) groups excluding carboxylic acids is 1. The Morgan fingerprint density at radius 1 is 1.09 bits per heavy atom. The third-order valence-electron chi connectivity index (χ3n) is 8.71. The molecule has 2 spiro atoms. The van der Waals surface area contributed by atoms with Crippen LogP contribution in [0.15, 0.2) is 18.5 Å². The first-order chi connectivity index (χ1) is 15.5. The van der Waals surface area contributed by atoms with Crippen LogP contribution < -0.4 is 0 Å². The molecule has 0 aromatic carbocycles. The second kappa shape index (κ2) is 6.37. The molecule has 5 fully saturated rings. The molecule has 3 aliphatic carbocycles. The molecule has 8 heteroatoms. The van der Waals surface area contributed by atoms with Crippen LogP contribution in [0.1, 0.15) is 67.3 Å². The predicted molar refractivity (Wildman–Crippen MR) is 116 cm³/mol. The highest BCUT2D eigenvalue weighted by molar-refractivity contribution is 5.77. The van der Waals surface area contributed by atoms with Crippen molar-refractivity contribution in [2.45, 2.75) is 56.9 Å². The van der Waals surface area contributed by atoms with E-state index in [-0.39, 0.29) is 6.03 Å². The highest BCUT2D eigenvalue weighted by Gasteiger charge is 2.58. The van der Waals surface area contributed by atoms with Crippen molar-refractivity contribution < 1.29 is 4.79 Å². The predicted octanol–water partition coefficient (Wildman–Crippen LogP) is 3.07. The third kappa shape index (κ3) is 2.90. The number of hydrogen-bond donors (Lipinski definition) is 1. The van der Waals surface area contributed by atoms with Crippen LogP contribution in [0.2, 0.25) is 0 Å². The minimum atomic E-state index is 0.245. The number of amides is 2. The van der Waals surface area contributed by atoms with E-state index in [0.717, 1.165) is 51.5 Å². The molecule has 3 saturated carbocycles. The number of aromatic amines is 1. The van der Waals surface area contributed by atoms with E-state index in [2.05, 4.69) is 37.2 Å². The van der Waals surface area contributed by atoms with Gasteiger partial charge in [-0.15, -0.1) is 0 Å². The normalized spacial score (nSPS) is 25.7. The molecular weight excluding hydrogens is 402 g/mol. The van der Waals surface area contributed by atoms with Gasteiger partial charge in [-0.25, -0.2) is 4.79 Å². The van der Waals surface area contributed by atoms with Crippen LogP contribution in [-0.2, 0) is 6.54 Å². The first kappa shape index (κ1) is 18.7. The Bertz CT molecular complexity index is 1090. The number of H-pyrrole nitrogens is 1. The Labute approximate surface area is 187 Å². The van der Waals surface area contributed by atoms with Gasteiger partial charge in [0.15, 0.2) is 0 Å². The number of carbonyl (C=O) groups is 1. The average molecular weight is 432 g/mol. The monoisotopic (exact) mass is 431 g/mol. The second-order valence-corrected chi connectivity index (χ2v) is 11.5. The number of nitriles is 1. The van der Waals surface area contributed by atoms with E-state index in [4.69, 9.17) is 5.26 Å². The lowest BCUT2D eigenvalue weighted by Crippen LogP contribution is -2.71. The average Bonchev–Trinajstić information content (AvgIpc) is 3.22. The van der Waals surface area contributed by atoms with Gasteiger partial charge in [0, 0.05) is 67.3 Å². The summed E-state index contributed by atoms with van der Waals surface area (Å²) in [5, 5.41) is 21.0. The largest absolute Gasteiger partial charge is 0.323 e. The van der Waals surface area contributed by atoms with Gasteiger partial charge in [-0.1, -0.05) is 0 Å². The molecular formula is C24H29N7O.